The number of hydroxylamine groups is 1. The Morgan fingerprint density at radius 2 is 1.82 bits per heavy atom. The van der Waals surface area contributed by atoms with E-state index in [0.717, 1.165) is 10.6 Å². The van der Waals surface area contributed by atoms with E-state index in [1.807, 2.05) is 47.8 Å². The smallest absolute Gasteiger partial charge is 0.261 e. The van der Waals surface area contributed by atoms with E-state index in [2.05, 4.69) is 0 Å². The molecule has 4 rings (SSSR count). The van der Waals surface area contributed by atoms with E-state index >= 15 is 0 Å². The Labute approximate surface area is 131 Å². The van der Waals surface area contributed by atoms with Crippen LogP contribution in [0, 0.1) is 5.92 Å². The Bertz CT molecular complexity index is 716. The molecule has 1 aromatic carbocycles. The monoisotopic (exact) mass is 314 g/mol. The number of imide groups is 1. The molecule has 22 heavy (non-hydrogen) atoms. The number of hydrogen-bond acceptors (Lipinski definition) is 5. The van der Waals surface area contributed by atoms with Gasteiger partial charge in [-0.05, 0) is 23.6 Å². The molecule has 5 nitrogen and oxygen atoms in total. The zero-order valence-corrected chi connectivity index (χ0v) is 12.7. The van der Waals surface area contributed by atoms with Crippen molar-refractivity contribution in [3.8, 4) is 0 Å². The summed E-state index contributed by atoms with van der Waals surface area (Å²) in [6, 6.07) is 13.2. The lowest BCUT2D eigenvalue weighted by atomic mass is 9.95. The fraction of sp³-hybridized carbons (Fsp3) is 0.250. The van der Waals surface area contributed by atoms with Crippen LogP contribution in [0.3, 0.4) is 0 Å². The van der Waals surface area contributed by atoms with Crippen molar-refractivity contribution in [1.29, 1.82) is 0 Å². The minimum absolute atomic E-state index is 0.174. The summed E-state index contributed by atoms with van der Waals surface area (Å²) in [5.41, 5.74) is 0.846. The number of carbonyl (C=O) groups excluding carboxylic acids is 2. The van der Waals surface area contributed by atoms with Crippen LogP contribution < -0.4 is 5.06 Å². The second-order valence-corrected chi connectivity index (χ2v) is 6.39. The first-order valence-electron chi connectivity index (χ1n) is 7.04. The number of thiophene rings is 1. The number of hydrogen-bond donors (Lipinski definition) is 0. The highest BCUT2D eigenvalue weighted by Gasteiger charge is 2.59. The fourth-order valence-corrected chi connectivity index (χ4v) is 3.95. The van der Waals surface area contributed by atoms with E-state index in [-0.39, 0.29) is 17.9 Å². The summed E-state index contributed by atoms with van der Waals surface area (Å²) in [5, 5.41) is 3.68. The molecule has 2 aliphatic rings. The quantitative estimate of drug-likeness (QED) is 0.798. The Kier molecular flexibility index (Phi) is 3.02. The molecular weight excluding hydrogens is 300 g/mol. The maximum Gasteiger partial charge on any atom is 0.261 e. The van der Waals surface area contributed by atoms with E-state index in [1.54, 1.807) is 16.4 Å². The van der Waals surface area contributed by atoms with Crippen molar-refractivity contribution in [2.75, 3.05) is 12.1 Å². The summed E-state index contributed by atoms with van der Waals surface area (Å²) in [6.45, 7) is 0. The number of fused-ring (bicyclic) bond motifs is 1. The number of nitrogens with zero attached hydrogens (tertiary/aromatic N) is 2. The summed E-state index contributed by atoms with van der Waals surface area (Å²) in [7, 11) is 1.52. The van der Waals surface area contributed by atoms with Crippen LogP contribution in [0.1, 0.15) is 10.9 Å². The molecule has 2 fully saturated rings. The number of likely N-dealkylation sites (tertiary alicyclic amines) is 1. The molecule has 0 spiro atoms. The predicted molar refractivity (Wildman–Crippen MR) is 82.1 cm³/mol. The molecule has 2 amide bonds. The third kappa shape index (κ3) is 1.81. The van der Waals surface area contributed by atoms with Gasteiger partial charge in [-0.15, -0.1) is 11.3 Å². The highest BCUT2D eigenvalue weighted by atomic mass is 32.1. The number of amides is 2. The molecule has 0 bridgehead atoms. The van der Waals surface area contributed by atoms with Gasteiger partial charge >= 0.3 is 0 Å². The molecule has 2 aliphatic heterocycles. The van der Waals surface area contributed by atoms with E-state index in [1.165, 1.54) is 11.9 Å². The molecule has 0 radical (unpaired) electrons. The lowest BCUT2D eigenvalue weighted by Crippen LogP contribution is -2.34. The van der Waals surface area contributed by atoms with Crippen molar-refractivity contribution >= 4 is 28.8 Å². The number of likely N-dealkylation sites (N-methyl/N-ethyl adjacent to an activating group) is 1. The standard InChI is InChI=1S/C16H14N2O3S/c1-17-15(19)12-13(11-8-5-9-22-11)18(21-14(12)16(17)20)10-6-3-2-4-7-10/h2-9,12-14H,1H3/t12-,13+,14+/m1/s1. The normalized spacial score (nSPS) is 27.6. The lowest BCUT2D eigenvalue weighted by Gasteiger charge is -2.26. The molecule has 0 N–H and O–H groups in total. The van der Waals surface area contributed by atoms with Gasteiger partial charge < -0.3 is 0 Å². The minimum Gasteiger partial charge on any atom is -0.283 e. The number of anilines is 1. The van der Waals surface area contributed by atoms with Crippen LogP contribution in [0.25, 0.3) is 0 Å². The van der Waals surface area contributed by atoms with E-state index in [4.69, 9.17) is 4.84 Å². The topological polar surface area (TPSA) is 49.9 Å². The van der Waals surface area contributed by atoms with Gasteiger partial charge in [0, 0.05) is 11.9 Å². The van der Waals surface area contributed by atoms with Gasteiger partial charge in [0.2, 0.25) is 5.91 Å². The molecule has 2 saturated heterocycles. The molecule has 112 valence electrons. The number of carbonyl (C=O) groups is 2. The van der Waals surface area contributed by atoms with Gasteiger partial charge in [0.05, 0.1) is 5.69 Å². The van der Waals surface area contributed by atoms with Gasteiger partial charge in [-0.1, -0.05) is 24.3 Å². The van der Waals surface area contributed by atoms with Crippen LogP contribution in [-0.2, 0) is 14.4 Å². The third-order valence-electron chi connectivity index (χ3n) is 4.18. The zero-order chi connectivity index (χ0) is 15.3. The largest absolute Gasteiger partial charge is 0.283 e. The SMILES string of the molecule is CN1C(=O)[C@H]2[C@H](ON(c3ccccc3)[C@H]2c2cccs2)C1=O. The molecule has 0 saturated carbocycles. The van der Waals surface area contributed by atoms with Gasteiger partial charge in [-0.25, -0.2) is 5.06 Å². The highest BCUT2D eigenvalue weighted by Crippen LogP contribution is 2.47. The van der Waals surface area contributed by atoms with Crippen molar-refractivity contribution in [1.82, 2.24) is 4.90 Å². The molecule has 3 atom stereocenters. The van der Waals surface area contributed by atoms with E-state index in [9.17, 15) is 9.59 Å². The van der Waals surface area contributed by atoms with Crippen molar-refractivity contribution in [2.24, 2.45) is 5.92 Å². The molecule has 1 aromatic heterocycles. The van der Waals surface area contributed by atoms with Crippen molar-refractivity contribution in [3.63, 3.8) is 0 Å². The van der Waals surface area contributed by atoms with Gasteiger partial charge in [0.1, 0.15) is 12.0 Å². The highest BCUT2D eigenvalue weighted by molar-refractivity contribution is 7.10. The van der Waals surface area contributed by atoms with Crippen LogP contribution in [0.15, 0.2) is 47.8 Å². The van der Waals surface area contributed by atoms with Crippen LogP contribution in [-0.4, -0.2) is 29.9 Å². The Morgan fingerprint density at radius 1 is 1.05 bits per heavy atom. The number of para-hydroxylation sites is 1. The molecule has 6 heteroatoms. The second-order valence-electron chi connectivity index (χ2n) is 5.41. The molecule has 2 aromatic rings. The maximum absolute atomic E-state index is 12.5. The summed E-state index contributed by atoms with van der Waals surface area (Å²) in [6.07, 6.45) is -0.732. The Morgan fingerprint density at radius 3 is 2.50 bits per heavy atom. The second kappa shape index (κ2) is 4.93. The van der Waals surface area contributed by atoms with E-state index < -0.39 is 12.0 Å². The Balaban J connectivity index is 1.80. The maximum atomic E-state index is 12.5. The van der Waals surface area contributed by atoms with Crippen LogP contribution in [0.2, 0.25) is 0 Å². The van der Waals surface area contributed by atoms with Crippen molar-refractivity contribution in [3.05, 3.63) is 52.7 Å². The lowest BCUT2D eigenvalue weighted by molar-refractivity contribution is -0.141. The molecule has 0 unspecified atom stereocenters. The fourth-order valence-electron chi connectivity index (χ4n) is 3.10. The average Bonchev–Trinajstić information content (AvgIpc) is 3.23. The first kappa shape index (κ1) is 13.5. The first-order chi connectivity index (χ1) is 10.7. The van der Waals surface area contributed by atoms with Crippen LogP contribution >= 0.6 is 11.3 Å². The molecule has 0 aliphatic carbocycles. The van der Waals surface area contributed by atoms with Gasteiger partial charge in [-0.2, -0.15) is 0 Å². The van der Waals surface area contributed by atoms with Gasteiger partial charge in [-0.3, -0.25) is 19.3 Å². The molecular formula is C16H14N2O3S. The van der Waals surface area contributed by atoms with Crippen LogP contribution in [0.5, 0.6) is 0 Å². The summed E-state index contributed by atoms with van der Waals surface area (Å²) >= 11 is 1.57. The predicted octanol–water partition coefficient (Wildman–Crippen LogP) is 2.22. The van der Waals surface area contributed by atoms with Crippen LogP contribution in [0.4, 0.5) is 5.69 Å². The number of benzene rings is 1. The molecule has 3 heterocycles. The van der Waals surface area contributed by atoms with E-state index in [0.29, 0.717) is 0 Å². The summed E-state index contributed by atoms with van der Waals surface area (Å²) < 4.78 is 0. The first-order valence-corrected chi connectivity index (χ1v) is 7.92. The third-order valence-corrected chi connectivity index (χ3v) is 5.12. The number of rotatable bonds is 2. The van der Waals surface area contributed by atoms with Gasteiger partial charge in [0.15, 0.2) is 6.10 Å². The Hall–Kier alpha value is -2.18. The summed E-state index contributed by atoms with van der Waals surface area (Å²) in [5.74, 6) is -0.932. The van der Waals surface area contributed by atoms with Crippen molar-refractivity contribution < 1.29 is 14.4 Å². The van der Waals surface area contributed by atoms with Gasteiger partial charge in [0.25, 0.3) is 5.91 Å². The van der Waals surface area contributed by atoms with Crippen molar-refractivity contribution in [2.45, 2.75) is 12.1 Å². The zero-order valence-electron chi connectivity index (χ0n) is 11.9. The summed E-state index contributed by atoms with van der Waals surface area (Å²) in [4.78, 5) is 32.8. The average molecular weight is 314 g/mol. The minimum atomic E-state index is -0.732.